The Bertz CT molecular complexity index is 1020. The Morgan fingerprint density at radius 2 is 1.71 bits per heavy atom. The van der Waals surface area contributed by atoms with E-state index in [1.165, 1.54) is 31.4 Å². The molecule has 1 N–H and O–H groups in total. The Morgan fingerprint density at radius 3 is 2.29 bits per heavy atom. The van der Waals surface area contributed by atoms with E-state index >= 15 is 0 Å². The fraction of sp³-hybridized carbons (Fsp3) is 0.364. The molecule has 8 nitrogen and oxygen atoms in total. The van der Waals surface area contributed by atoms with Gasteiger partial charge in [-0.05, 0) is 57.5 Å². The molecule has 2 aromatic rings. The molecular weight excluding hydrogens is 422 g/mol. The van der Waals surface area contributed by atoms with Gasteiger partial charge in [0.05, 0.1) is 7.11 Å². The summed E-state index contributed by atoms with van der Waals surface area (Å²) in [6.07, 6.45) is -0.717. The molecule has 0 aromatic heterocycles. The lowest BCUT2D eigenvalue weighted by Gasteiger charge is -2.22. The van der Waals surface area contributed by atoms with Crippen molar-refractivity contribution in [1.82, 2.24) is 5.32 Å². The zero-order valence-electron chi connectivity index (χ0n) is 18.2. The smallest absolute Gasteiger partial charge is 0.408 e. The van der Waals surface area contributed by atoms with Crippen molar-refractivity contribution in [2.45, 2.75) is 50.7 Å². The van der Waals surface area contributed by atoms with Gasteiger partial charge in [-0.1, -0.05) is 29.8 Å². The second-order valence-corrected chi connectivity index (χ2v) is 9.47. The molecule has 0 aliphatic rings. The first kappa shape index (κ1) is 24.2. The van der Waals surface area contributed by atoms with Gasteiger partial charge in [-0.25, -0.2) is 9.59 Å². The topological polar surface area (TPSA) is 108 Å². The van der Waals surface area contributed by atoms with Crippen molar-refractivity contribution in [2.75, 3.05) is 7.11 Å². The van der Waals surface area contributed by atoms with E-state index in [-0.39, 0.29) is 17.1 Å². The van der Waals surface area contributed by atoms with Crippen LogP contribution in [0.25, 0.3) is 0 Å². The second kappa shape index (κ2) is 9.82. The number of hydrogen-bond acceptors (Lipinski definition) is 7. The predicted octanol–water partition coefficient (Wildman–Crippen LogP) is 3.37. The van der Waals surface area contributed by atoms with Crippen LogP contribution in [-0.2, 0) is 30.8 Å². The highest BCUT2D eigenvalue weighted by Gasteiger charge is 2.25. The molecule has 0 radical (unpaired) electrons. The summed E-state index contributed by atoms with van der Waals surface area (Å²) in [5.41, 5.74) is 0.749. The molecule has 1 amide bonds. The van der Waals surface area contributed by atoms with Crippen molar-refractivity contribution >= 4 is 22.2 Å². The van der Waals surface area contributed by atoms with Crippen LogP contribution < -0.4 is 9.50 Å². The number of carbonyl (C=O) groups is 2. The Labute approximate surface area is 182 Å². The maximum Gasteiger partial charge on any atom is 0.408 e. The normalized spacial score (nSPS) is 12.5. The van der Waals surface area contributed by atoms with E-state index in [0.29, 0.717) is 5.56 Å². The number of amides is 1. The standard InChI is InChI=1S/C22H27NO7S/c1-15-9-11-18(12-10-15)31(26,27)30-17-8-6-7-16(13-17)14-19(20(24)28-5)23-21(25)29-22(2,3)4/h6-13,19H,14H2,1-5H3,(H,23,25)/t19-/m0/s1. The van der Waals surface area contributed by atoms with Crippen LogP contribution in [-0.4, -0.2) is 39.2 Å². The Kier molecular flexibility index (Phi) is 7.67. The van der Waals surface area contributed by atoms with E-state index in [0.717, 1.165) is 5.56 Å². The van der Waals surface area contributed by atoms with Gasteiger partial charge in [-0.15, -0.1) is 0 Å². The zero-order chi connectivity index (χ0) is 23.2. The van der Waals surface area contributed by atoms with Gasteiger partial charge in [0.15, 0.2) is 0 Å². The molecule has 9 heteroatoms. The lowest BCUT2D eigenvalue weighted by atomic mass is 10.1. The number of alkyl carbamates (subject to hydrolysis) is 1. The molecule has 0 unspecified atom stereocenters. The van der Waals surface area contributed by atoms with E-state index in [1.807, 2.05) is 6.92 Å². The Hall–Kier alpha value is -3.07. The lowest BCUT2D eigenvalue weighted by Crippen LogP contribution is -2.45. The third-order valence-corrected chi connectivity index (χ3v) is 5.29. The number of hydrogen-bond donors (Lipinski definition) is 1. The second-order valence-electron chi connectivity index (χ2n) is 7.92. The molecule has 2 aromatic carbocycles. The molecular formula is C22H27NO7S. The fourth-order valence-electron chi connectivity index (χ4n) is 2.63. The number of esters is 1. The summed E-state index contributed by atoms with van der Waals surface area (Å²) in [5.74, 6) is -0.580. The van der Waals surface area contributed by atoms with Crippen molar-refractivity contribution in [3.05, 3.63) is 59.7 Å². The first-order valence-corrected chi connectivity index (χ1v) is 11.0. The van der Waals surface area contributed by atoms with Crippen LogP contribution in [0, 0.1) is 6.92 Å². The van der Waals surface area contributed by atoms with E-state index in [4.69, 9.17) is 13.7 Å². The van der Waals surface area contributed by atoms with Crippen molar-refractivity contribution < 1.29 is 31.7 Å². The van der Waals surface area contributed by atoms with Crippen LogP contribution in [0.2, 0.25) is 0 Å². The SMILES string of the molecule is COC(=O)[C@H](Cc1cccc(OS(=O)(=O)c2ccc(C)cc2)c1)NC(=O)OC(C)(C)C. The average Bonchev–Trinajstić information content (AvgIpc) is 2.65. The third-order valence-electron chi connectivity index (χ3n) is 4.03. The van der Waals surface area contributed by atoms with Gasteiger partial charge in [-0.2, -0.15) is 8.42 Å². The Balaban J connectivity index is 2.17. The molecule has 0 heterocycles. The van der Waals surface area contributed by atoms with E-state index in [1.54, 1.807) is 45.0 Å². The largest absolute Gasteiger partial charge is 0.467 e. The molecule has 1 atom stereocenters. The minimum absolute atomic E-state index is 0.0301. The van der Waals surface area contributed by atoms with Gasteiger partial charge in [0, 0.05) is 6.42 Å². The minimum Gasteiger partial charge on any atom is -0.467 e. The van der Waals surface area contributed by atoms with Crippen LogP contribution in [0.15, 0.2) is 53.4 Å². The predicted molar refractivity (Wildman–Crippen MR) is 114 cm³/mol. The van der Waals surface area contributed by atoms with Gasteiger partial charge in [0.25, 0.3) is 0 Å². The summed E-state index contributed by atoms with van der Waals surface area (Å²) in [5, 5.41) is 2.48. The number of nitrogens with one attached hydrogen (secondary N) is 1. The number of carbonyl (C=O) groups excluding carboxylic acids is 2. The highest BCUT2D eigenvalue weighted by molar-refractivity contribution is 7.87. The zero-order valence-corrected chi connectivity index (χ0v) is 19.0. The summed E-state index contributed by atoms with van der Waals surface area (Å²) >= 11 is 0. The monoisotopic (exact) mass is 449 g/mol. The summed E-state index contributed by atoms with van der Waals surface area (Å²) in [6, 6.07) is 11.5. The molecule has 0 saturated carbocycles. The number of aryl methyl sites for hydroxylation is 1. The molecule has 0 aliphatic carbocycles. The lowest BCUT2D eigenvalue weighted by molar-refractivity contribution is -0.143. The maximum atomic E-state index is 12.5. The number of methoxy groups -OCH3 is 1. The average molecular weight is 450 g/mol. The minimum atomic E-state index is -4.02. The van der Waals surface area contributed by atoms with E-state index < -0.39 is 33.8 Å². The summed E-state index contributed by atoms with van der Waals surface area (Å²) < 4.78 is 40.2. The van der Waals surface area contributed by atoms with Gasteiger partial charge in [-0.3, -0.25) is 0 Å². The maximum absolute atomic E-state index is 12.5. The van der Waals surface area contributed by atoms with Crippen LogP contribution in [0.4, 0.5) is 4.79 Å². The van der Waals surface area contributed by atoms with Crippen molar-refractivity contribution in [2.24, 2.45) is 0 Å². The molecule has 168 valence electrons. The van der Waals surface area contributed by atoms with Crippen molar-refractivity contribution in [3.63, 3.8) is 0 Å². The van der Waals surface area contributed by atoms with Crippen LogP contribution in [0.3, 0.4) is 0 Å². The van der Waals surface area contributed by atoms with Crippen molar-refractivity contribution in [1.29, 1.82) is 0 Å². The molecule has 0 bridgehead atoms. The number of ether oxygens (including phenoxy) is 2. The van der Waals surface area contributed by atoms with E-state index in [9.17, 15) is 18.0 Å². The fourth-order valence-corrected chi connectivity index (χ4v) is 3.55. The molecule has 31 heavy (non-hydrogen) atoms. The molecule has 0 aliphatic heterocycles. The van der Waals surface area contributed by atoms with Gasteiger partial charge in [0.1, 0.15) is 22.3 Å². The third kappa shape index (κ3) is 7.60. The highest BCUT2D eigenvalue weighted by Crippen LogP contribution is 2.21. The van der Waals surface area contributed by atoms with Gasteiger partial charge >= 0.3 is 22.2 Å². The molecule has 0 saturated heterocycles. The number of rotatable bonds is 7. The van der Waals surface area contributed by atoms with Gasteiger partial charge in [0.2, 0.25) is 0 Å². The first-order valence-electron chi connectivity index (χ1n) is 9.57. The highest BCUT2D eigenvalue weighted by atomic mass is 32.2. The molecule has 0 fully saturated rings. The molecule has 2 rings (SSSR count). The Morgan fingerprint density at radius 1 is 1.06 bits per heavy atom. The first-order chi connectivity index (χ1) is 14.4. The van der Waals surface area contributed by atoms with E-state index in [2.05, 4.69) is 5.32 Å². The summed E-state index contributed by atoms with van der Waals surface area (Å²) in [6.45, 7) is 6.96. The quantitative estimate of drug-likeness (QED) is 0.510. The van der Waals surface area contributed by atoms with Crippen LogP contribution in [0.5, 0.6) is 5.75 Å². The summed E-state index contributed by atoms with van der Waals surface area (Å²) in [4.78, 5) is 24.2. The van der Waals surface area contributed by atoms with Crippen LogP contribution in [0.1, 0.15) is 31.9 Å². The van der Waals surface area contributed by atoms with Crippen molar-refractivity contribution in [3.8, 4) is 5.75 Å². The van der Waals surface area contributed by atoms with Gasteiger partial charge < -0.3 is 19.0 Å². The number of benzene rings is 2. The van der Waals surface area contributed by atoms with Crippen LogP contribution >= 0.6 is 0 Å². The summed E-state index contributed by atoms with van der Waals surface area (Å²) in [7, 11) is -2.81. The molecule has 0 spiro atoms.